The molecule has 0 amide bonds. The number of rotatable bonds is 1. The van der Waals surface area contributed by atoms with Gasteiger partial charge in [0.05, 0.1) is 16.2 Å². The molecule has 1 aromatic carbocycles. The normalized spacial score (nSPS) is 21.5. The largest absolute Gasteiger partial charge is 0.334 e. The van der Waals surface area contributed by atoms with Gasteiger partial charge < -0.3 is 5.32 Å². The van der Waals surface area contributed by atoms with E-state index in [1.807, 2.05) is 23.9 Å². The highest BCUT2D eigenvalue weighted by Gasteiger charge is 2.36. The number of halogens is 2. The van der Waals surface area contributed by atoms with Crippen LogP contribution < -0.4 is 5.32 Å². The number of nitrogens with zero attached hydrogens (tertiary/aromatic N) is 1. The molecule has 1 heterocycles. The minimum atomic E-state index is 0.209. The number of anilines is 1. The summed E-state index contributed by atoms with van der Waals surface area (Å²) in [5.74, 6) is 1.12. The molecule has 1 fully saturated rings. The average molecular weight is 407 g/mol. The van der Waals surface area contributed by atoms with E-state index in [9.17, 15) is 0 Å². The topological polar surface area (TPSA) is 24.4 Å². The van der Waals surface area contributed by atoms with Crippen molar-refractivity contribution < 1.29 is 0 Å². The molecule has 3 rings (SSSR count). The predicted molar refractivity (Wildman–Crippen MR) is 93.5 cm³/mol. The Kier molecular flexibility index (Phi) is 4.29. The summed E-state index contributed by atoms with van der Waals surface area (Å²) in [7, 11) is 0. The molecule has 2 nitrogen and oxygen atoms in total. The van der Waals surface area contributed by atoms with E-state index in [4.69, 9.17) is 16.6 Å². The van der Waals surface area contributed by atoms with Crippen LogP contribution in [0.15, 0.2) is 23.2 Å². The third-order valence-electron chi connectivity index (χ3n) is 3.77. The number of hydrogen-bond donors (Lipinski definition) is 1. The van der Waals surface area contributed by atoms with Crippen LogP contribution >= 0.6 is 46.0 Å². The lowest BCUT2D eigenvalue weighted by Crippen LogP contribution is -2.29. The fraction of sp³-hybridized carbons (Fsp3) is 0.500. The third-order valence-corrected chi connectivity index (χ3v) is 5.91. The van der Waals surface area contributed by atoms with E-state index in [-0.39, 0.29) is 5.54 Å². The zero-order valence-corrected chi connectivity index (χ0v) is 14.3. The second-order valence-corrected chi connectivity index (χ2v) is 7.86. The number of thioether (sulfide) groups is 1. The van der Waals surface area contributed by atoms with Crippen LogP contribution in [-0.2, 0) is 0 Å². The Morgan fingerprint density at radius 2 is 2.05 bits per heavy atom. The Balaban J connectivity index is 1.75. The maximum Gasteiger partial charge on any atom is 0.161 e. The van der Waals surface area contributed by atoms with Gasteiger partial charge in [-0.25, -0.2) is 0 Å². The van der Waals surface area contributed by atoms with Gasteiger partial charge in [0.15, 0.2) is 5.17 Å². The second kappa shape index (κ2) is 5.82. The number of hydrogen-bond acceptors (Lipinski definition) is 3. The fourth-order valence-corrected chi connectivity index (χ4v) is 4.82. The first-order chi connectivity index (χ1) is 9.17. The van der Waals surface area contributed by atoms with Crippen LogP contribution in [-0.4, -0.2) is 16.5 Å². The van der Waals surface area contributed by atoms with E-state index in [0.29, 0.717) is 0 Å². The number of amidine groups is 1. The second-order valence-electron chi connectivity index (χ2n) is 5.24. The summed E-state index contributed by atoms with van der Waals surface area (Å²) in [5.41, 5.74) is 1.17. The van der Waals surface area contributed by atoms with Gasteiger partial charge >= 0.3 is 0 Å². The van der Waals surface area contributed by atoms with Crippen molar-refractivity contribution in [1.82, 2.24) is 0 Å². The van der Waals surface area contributed by atoms with Crippen molar-refractivity contribution in [2.45, 2.75) is 37.6 Å². The molecule has 1 aromatic rings. The molecule has 0 saturated heterocycles. The van der Waals surface area contributed by atoms with Crippen LogP contribution in [0.25, 0.3) is 0 Å². The van der Waals surface area contributed by atoms with Crippen molar-refractivity contribution >= 4 is 56.8 Å². The van der Waals surface area contributed by atoms with Crippen LogP contribution in [0.5, 0.6) is 0 Å². The van der Waals surface area contributed by atoms with E-state index in [0.717, 1.165) is 25.2 Å². The highest BCUT2D eigenvalue weighted by atomic mass is 127. The number of nitrogens with one attached hydrogen (secondary N) is 1. The fourth-order valence-electron chi connectivity index (χ4n) is 2.72. The van der Waals surface area contributed by atoms with Crippen LogP contribution in [0.1, 0.15) is 32.1 Å². The molecule has 102 valence electrons. The predicted octanol–water partition coefficient (Wildman–Crippen LogP) is 5.16. The van der Waals surface area contributed by atoms with E-state index in [2.05, 4.69) is 34.0 Å². The van der Waals surface area contributed by atoms with Gasteiger partial charge in [0, 0.05) is 9.32 Å². The Labute approximate surface area is 136 Å². The molecule has 1 N–H and O–H groups in total. The molecular weight excluding hydrogens is 391 g/mol. The molecule has 0 unspecified atom stereocenters. The highest BCUT2D eigenvalue weighted by molar-refractivity contribution is 14.1. The molecule has 19 heavy (non-hydrogen) atoms. The molecule has 0 atom stereocenters. The van der Waals surface area contributed by atoms with Gasteiger partial charge in [-0.2, -0.15) is 0 Å². The average Bonchev–Trinajstić information content (AvgIpc) is 2.77. The molecular formula is C14H16ClIN2S. The van der Waals surface area contributed by atoms with Gasteiger partial charge in [-0.15, -0.1) is 0 Å². The zero-order valence-electron chi connectivity index (χ0n) is 10.6. The maximum absolute atomic E-state index is 6.25. The summed E-state index contributed by atoms with van der Waals surface area (Å²) in [6.07, 6.45) is 6.49. The maximum atomic E-state index is 6.25. The van der Waals surface area contributed by atoms with Crippen molar-refractivity contribution in [2.75, 3.05) is 11.1 Å². The van der Waals surface area contributed by atoms with E-state index in [1.165, 1.54) is 32.1 Å². The van der Waals surface area contributed by atoms with Gasteiger partial charge in [0.2, 0.25) is 0 Å². The first-order valence-electron chi connectivity index (χ1n) is 6.62. The Morgan fingerprint density at radius 3 is 2.79 bits per heavy atom. The van der Waals surface area contributed by atoms with Gasteiger partial charge in [-0.3, -0.25) is 4.99 Å². The van der Waals surface area contributed by atoms with Gasteiger partial charge in [0.25, 0.3) is 0 Å². The molecule has 0 aromatic heterocycles. The molecule has 1 saturated carbocycles. The number of aliphatic imine (C=N–C) groups is 1. The minimum absolute atomic E-state index is 0.209. The van der Waals surface area contributed by atoms with Crippen LogP contribution in [0, 0.1) is 3.57 Å². The molecule has 0 bridgehead atoms. The summed E-state index contributed by atoms with van der Waals surface area (Å²) in [4.78, 5) is 4.95. The van der Waals surface area contributed by atoms with Crippen molar-refractivity contribution in [3.8, 4) is 0 Å². The Hall–Kier alpha value is 0.0600. The summed E-state index contributed by atoms with van der Waals surface area (Å²) < 4.78 is 1.15. The van der Waals surface area contributed by atoms with Crippen molar-refractivity contribution in [2.24, 2.45) is 4.99 Å². The zero-order chi connectivity index (χ0) is 13.3. The molecule has 2 aliphatic rings. The Morgan fingerprint density at radius 1 is 1.26 bits per heavy atom. The molecule has 5 heteroatoms. The van der Waals surface area contributed by atoms with Gasteiger partial charge in [0.1, 0.15) is 0 Å². The first-order valence-corrected chi connectivity index (χ1v) is 9.06. The lowest BCUT2D eigenvalue weighted by Gasteiger charge is -2.29. The Bertz CT molecular complexity index is 512. The van der Waals surface area contributed by atoms with E-state index in [1.54, 1.807) is 0 Å². The van der Waals surface area contributed by atoms with Crippen molar-refractivity contribution in [3.63, 3.8) is 0 Å². The minimum Gasteiger partial charge on any atom is -0.334 e. The summed E-state index contributed by atoms with van der Waals surface area (Å²) in [6, 6.07) is 6.06. The first kappa shape index (κ1) is 14.0. The van der Waals surface area contributed by atoms with Gasteiger partial charge in [-0.1, -0.05) is 42.6 Å². The number of benzene rings is 1. The molecule has 1 aliphatic heterocycles. The van der Waals surface area contributed by atoms with Crippen LogP contribution in [0.3, 0.4) is 0 Å². The summed E-state index contributed by atoms with van der Waals surface area (Å²) >= 11 is 10.4. The van der Waals surface area contributed by atoms with Crippen LogP contribution in [0.2, 0.25) is 5.02 Å². The van der Waals surface area contributed by atoms with Crippen molar-refractivity contribution in [3.05, 3.63) is 26.8 Å². The molecule has 1 spiro atoms. The SMILES string of the molecule is Clc1cc(I)ccc1NC1=NC2(CCCCC2)CS1. The smallest absolute Gasteiger partial charge is 0.161 e. The van der Waals surface area contributed by atoms with Crippen molar-refractivity contribution in [1.29, 1.82) is 0 Å². The summed E-state index contributed by atoms with van der Waals surface area (Å²) in [5, 5.41) is 5.18. The summed E-state index contributed by atoms with van der Waals surface area (Å²) in [6.45, 7) is 0. The quantitative estimate of drug-likeness (QED) is 0.651. The standard InChI is InChI=1S/C14H16ClIN2S/c15-11-8-10(16)4-5-12(11)17-13-18-14(9-19-13)6-2-1-3-7-14/h4-5,8H,1-3,6-7,9H2,(H,17,18). The van der Waals surface area contributed by atoms with Crippen LogP contribution in [0.4, 0.5) is 5.69 Å². The lowest BCUT2D eigenvalue weighted by atomic mass is 9.84. The highest BCUT2D eigenvalue weighted by Crippen LogP contribution is 2.40. The van der Waals surface area contributed by atoms with E-state index >= 15 is 0 Å². The third kappa shape index (κ3) is 3.22. The monoisotopic (exact) mass is 406 g/mol. The molecule has 0 radical (unpaired) electrons. The lowest BCUT2D eigenvalue weighted by molar-refractivity contribution is 0.335. The molecule has 1 aliphatic carbocycles. The van der Waals surface area contributed by atoms with Gasteiger partial charge in [-0.05, 0) is 53.6 Å². The van der Waals surface area contributed by atoms with E-state index < -0.39 is 0 Å².